The van der Waals surface area contributed by atoms with Crippen molar-refractivity contribution in [3.63, 3.8) is 0 Å². The van der Waals surface area contributed by atoms with Crippen LogP contribution >= 0.6 is 0 Å². The second kappa shape index (κ2) is 5.23. The average molecular weight is 302 g/mol. The second-order valence-electron chi connectivity index (χ2n) is 4.41. The summed E-state index contributed by atoms with van der Waals surface area (Å²) in [4.78, 5) is 0. The van der Waals surface area contributed by atoms with Gasteiger partial charge in [-0.25, -0.2) is 0 Å². The van der Waals surface area contributed by atoms with Crippen LogP contribution in [0.3, 0.4) is 0 Å². The van der Waals surface area contributed by atoms with Crippen LogP contribution in [0.5, 0.6) is 5.75 Å². The Morgan fingerprint density at radius 1 is 0.950 bits per heavy atom. The number of benzene rings is 2. The molecule has 0 saturated carbocycles. The van der Waals surface area contributed by atoms with E-state index in [1.54, 1.807) is 5.01 Å². The van der Waals surface area contributed by atoms with Gasteiger partial charge < -0.3 is 14.5 Å². The third kappa shape index (κ3) is 2.17. The Kier molecular flexibility index (Phi) is 3.42. The summed E-state index contributed by atoms with van der Waals surface area (Å²) >= 11 is 0. The summed E-state index contributed by atoms with van der Waals surface area (Å²) in [6, 6.07) is 17.7. The molecule has 4 nitrogen and oxygen atoms in total. The third-order valence-corrected chi connectivity index (χ3v) is 3.12. The van der Waals surface area contributed by atoms with Crippen molar-refractivity contribution in [1.29, 1.82) is 0 Å². The van der Waals surface area contributed by atoms with Gasteiger partial charge in [0.2, 0.25) is 5.90 Å². The Balaban J connectivity index is 0.00000121. The molecule has 0 spiro atoms. The monoisotopic (exact) mass is 302 g/mol. The molecule has 0 bridgehead atoms. The third-order valence-electron chi connectivity index (χ3n) is 3.12. The predicted molar refractivity (Wildman–Crippen MR) is 69.9 cm³/mol. The average Bonchev–Trinajstić information content (AvgIpc) is 2.88. The zero-order valence-corrected chi connectivity index (χ0v) is 12.0. The van der Waals surface area contributed by atoms with Crippen molar-refractivity contribution in [2.45, 2.75) is 6.54 Å². The molecule has 2 aromatic rings. The van der Waals surface area contributed by atoms with Crippen LogP contribution < -0.4 is 4.74 Å². The molecule has 5 heteroatoms. The van der Waals surface area contributed by atoms with E-state index in [4.69, 9.17) is 9.47 Å². The van der Waals surface area contributed by atoms with Gasteiger partial charge in [0, 0.05) is 36.2 Å². The minimum atomic E-state index is 0. The van der Waals surface area contributed by atoms with Gasteiger partial charge in [0.05, 0.1) is 5.75 Å². The van der Waals surface area contributed by atoms with Gasteiger partial charge in [0.1, 0.15) is 6.41 Å². The molecule has 0 fully saturated rings. The number of hydrogen-bond acceptors (Lipinski definition) is 4. The van der Waals surface area contributed by atoms with E-state index in [1.807, 2.05) is 54.6 Å². The van der Waals surface area contributed by atoms with Gasteiger partial charge in [-0.1, -0.05) is 36.4 Å². The van der Waals surface area contributed by atoms with Gasteiger partial charge in [0.25, 0.3) is 0 Å². The minimum Gasteiger partial charge on any atom is -0.600 e. The van der Waals surface area contributed by atoms with Crippen molar-refractivity contribution < 1.29 is 28.0 Å². The number of nitrogens with zero attached hydrogens (tertiary/aromatic N) is 2. The Labute approximate surface area is 128 Å². The molecule has 0 N–H and O–H groups in total. The Morgan fingerprint density at radius 2 is 1.70 bits per heavy atom. The Hall–Kier alpha value is -1.91. The van der Waals surface area contributed by atoms with E-state index < -0.39 is 0 Å². The van der Waals surface area contributed by atoms with Crippen LogP contribution in [0.15, 0.2) is 59.7 Å². The van der Waals surface area contributed by atoms with Crippen molar-refractivity contribution in [3.8, 4) is 5.75 Å². The standard InChI is InChI=1S/C15H11N2O2.V/c1-2-6-11(7-3-1)14-16-17-10-12-8-4-5-9-13(12)18-15(17)19-14;/h1-9H,10H2;/q-1;. The summed E-state index contributed by atoms with van der Waals surface area (Å²) in [5.41, 5.74) is 2.05. The summed E-state index contributed by atoms with van der Waals surface area (Å²) in [5, 5.41) is 6.19. The second-order valence-corrected chi connectivity index (χ2v) is 4.41. The molecule has 0 aliphatic carbocycles. The molecular formula is C15H11N2O2V-. The SMILES string of the molecule is [V].c1ccc(C2=NN3Cc4ccccc4O[C-]3O2)cc1. The number of rotatable bonds is 1. The fourth-order valence-corrected chi connectivity index (χ4v) is 2.17. The van der Waals surface area contributed by atoms with Crippen molar-refractivity contribution >= 4 is 5.90 Å². The van der Waals surface area contributed by atoms with E-state index in [1.165, 1.54) is 0 Å². The van der Waals surface area contributed by atoms with Crippen molar-refractivity contribution in [2.24, 2.45) is 5.10 Å². The zero-order valence-electron chi connectivity index (χ0n) is 10.6. The number of ether oxygens (including phenoxy) is 2. The first kappa shape index (κ1) is 13.1. The molecule has 2 aliphatic heterocycles. The van der Waals surface area contributed by atoms with Crippen LogP contribution in [0.25, 0.3) is 0 Å². The van der Waals surface area contributed by atoms with E-state index in [0.29, 0.717) is 18.9 Å². The van der Waals surface area contributed by atoms with Gasteiger partial charge in [-0.2, -0.15) is 5.10 Å². The van der Waals surface area contributed by atoms with Crippen LogP contribution in [0.4, 0.5) is 0 Å². The van der Waals surface area contributed by atoms with Crippen LogP contribution in [0.1, 0.15) is 11.1 Å². The normalized spacial score (nSPS) is 16.2. The predicted octanol–water partition coefficient (Wildman–Crippen LogP) is 2.72. The number of para-hydroxylation sites is 1. The Morgan fingerprint density at radius 3 is 2.55 bits per heavy atom. The largest absolute Gasteiger partial charge is 0.600 e. The molecule has 0 amide bonds. The Bertz CT molecular complexity index is 645. The van der Waals surface area contributed by atoms with E-state index in [2.05, 4.69) is 5.10 Å². The molecule has 0 unspecified atom stereocenters. The van der Waals surface area contributed by atoms with Crippen molar-refractivity contribution in [1.82, 2.24) is 5.01 Å². The van der Waals surface area contributed by atoms with Gasteiger partial charge in [-0.3, -0.25) is 0 Å². The molecule has 1 radical (unpaired) electrons. The topological polar surface area (TPSA) is 34.1 Å². The molecule has 0 atom stereocenters. The minimum absolute atomic E-state index is 0. The van der Waals surface area contributed by atoms with Gasteiger partial charge in [-0.05, 0) is 18.2 Å². The fourth-order valence-electron chi connectivity index (χ4n) is 2.17. The zero-order chi connectivity index (χ0) is 12.7. The maximum atomic E-state index is 5.71. The quantitative estimate of drug-likeness (QED) is 0.760. The van der Waals surface area contributed by atoms with E-state index in [9.17, 15) is 0 Å². The van der Waals surface area contributed by atoms with Gasteiger partial charge in [0.15, 0.2) is 0 Å². The molecule has 0 aromatic heterocycles. The van der Waals surface area contributed by atoms with Gasteiger partial charge in [-0.15, -0.1) is 0 Å². The number of fused-ring (bicyclic) bond motifs is 2. The summed E-state index contributed by atoms with van der Waals surface area (Å²) in [6.45, 7) is 0.668. The van der Waals surface area contributed by atoms with Crippen LogP contribution in [0.2, 0.25) is 0 Å². The maximum absolute atomic E-state index is 5.71. The smallest absolute Gasteiger partial charge is 0.208 e. The molecule has 20 heavy (non-hydrogen) atoms. The summed E-state index contributed by atoms with van der Waals surface area (Å²) in [7, 11) is 0. The maximum Gasteiger partial charge on any atom is 0.208 e. The fraction of sp³-hybridized carbons (Fsp3) is 0.0667. The number of hydrogen-bond donors (Lipinski definition) is 0. The van der Waals surface area contributed by atoms with Crippen molar-refractivity contribution in [3.05, 3.63) is 72.1 Å². The molecule has 2 aromatic carbocycles. The van der Waals surface area contributed by atoms with E-state index in [-0.39, 0.29) is 18.6 Å². The van der Waals surface area contributed by atoms with E-state index >= 15 is 0 Å². The first-order chi connectivity index (χ1) is 9.40. The number of hydrazone groups is 1. The summed E-state index contributed by atoms with van der Waals surface area (Å²) in [6.07, 6.45) is 0.428. The van der Waals surface area contributed by atoms with Crippen LogP contribution in [0, 0.1) is 6.41 Å². The molecule has 2 aliphatic rings. The molecular weight excluding hydrogens is 291 g/mol. The first-order valence-electron chi connectivity index (χ1n) is 6.12. The first-order valence-corrected chi connectivity index (χ1v) is 6.12. The van der Waals surface area contributed by atoms with Crippen LogP contribution in [-0.2, 0) is 29.8 Å². The summed E-state index contributed by atoms with van der Waals surface area (Å²) in [5.74, 6) is 1.40. The summed E-state index contributed by atoms with van der Waals surface area (Å²) < 4.78 is 11.4. The van der Waals surface area contributed by atoms with Crippen LogP contribution in [-0.4, -0.2) is 10.9 Å². The molecule has 99 valence electrons. The van der Waals surface area contributed by atoms with Crippen molar-refractivity contribution in [2.75, 3.05) is 0 Å². The van der Waals surface area contributed by atoms with E-state index in [0.717, 1.165) is 16.9 Å². The molecule has 0 saturated heterocycles. The van der Waals surface area contributed by atoms with Gasteiger partial charge >= 0.3 is 0 Å². The molecule has 2 heterocycles. The molecule has 4 rings (SSSR count).